The second kappa shape index (κ2) is 7.19. The fourth-order valence-corrected chi connectivity index (χ4v) is 3.28. The van der Waals surface area contributed by atoms with Crippen molar-refractivity contribution in [2.45, 2.75) is 6.10 Å². The lowest BCUT2D eigenvalue weighted by atomic mass is 10.0. The number of pyridine rings is 2. The predicted molar refractivity (Wildman–Crippen MR) is 99.7 cm³/mol. The van der Waals surface area contributed by atoms with Gasteiger partial charge in [-0.15, -0.1) is 0 Å². The summed E-state index contributed by atoms with van der Waals surface area (Å²) in [6.45, 7) is 1.72. The second-order valence-corrected chi connectivity index (χ2v) is 6.50. The Labute approximate surface area is 151 Å². The van der Waals surface area contributed by atoms with Crippen LogP contribution in [-0.4, -0.2) is 46.7 Å². The minimum Gasteiger partial charge on any atom is -0.391 e. The van der Waals surface area contributed by atoms with Gasteiger partial charge in [-0.25, -0.2) is 4.98 Å². The summed E-state index contributed by atoms with van der Waals surface area (Å²) in [5, 5.41) is 16.8. The lowest BCUT2D eigenvalue weighted by Gasteiger charge is -2.15. The molecule has 2 atom stereocenters. The van der Waals surface area contributed by atoms with Gasteiger partial charge < -0.3 is 15.7 Å². The third-order valence-electron chi connectivity index (χ3n) is 4.77. The van der Waals surface area contributed by atoms with E-state index in [1.807, 2.05) is 42.5 Å². The van der Waals surface area contributed by atoms with Crippen LogP contribution >= 0.6 is 0 Å². The van der Waals surface area contributed by atoms with Crippen LogP contribution in [0.2, 0.25) is 0 Å². The molecule has 0 radical (unpaired) electrons. The highest BCUT2D eigenvalue weighted by molar-refractivity contribution is 6.07. The number of carbonyl (C=O) groups is 1. The van der Waals surface area contributed by atoms with E-state index in [4.69, 9.17) is 0 Å². The first-order valence-electron chi connectivity index (χ1n) is 8.69. The first-order valence-corrected chi connectivity index (χ1v) is 8.69. The van der Waals surface area contributed by atoms with Crippen LogP contribution in [-0.2, 0) is 0 Å². The van der Waals surface area contributed by atoms with E-state index in [9.17, 15) is 9.90 Å². The molecule has 2 aromatic heterocycles. The quantitative estimate of drug-likeness (QED) is 0.667. The molecule has 0 spiro atoms. The fraction of sp³-hybridized carbons (Fsp3) is 0.250. The van der Waals surface area contributed by atoms with Gasteiger partial charge in [0.1, 0.15) is 0 Å². The highest BCUT2D eigenvalue weighted by atomic mass is 16.3. The van der Waals surface area contributed by atoms with Crippen molar-refractivity contribution in [2.24, 2.45) is 5.92 Å². The third kappa shape index (κ3) is 3.29. The third-order valence-corrected chi connectivity index (χ3v) is 4.77. The average molecular weight is 348 g/mol. The number of aliphatic hydroxyl groups is 1. The molecule has 1 aliphatic rings. The van der Waals surface area contributed by atoms with Gasteiger partial charge in [-0.2, -0.15) is 0 Å². The number of aliphatic hydroxyl groups excluding tert-OH is 1. The van der Waals surface area contributed by atoms with Crippen molar-refractivity contribution in [3.63, 3.8) is 0 Å². The Balaban J connectivity index is 1.67. The molecule has 1 saturated heterocycles. The van der Waals surface area contributed by atoms with Gasteiger partial charge in [-0.1, -0.05) is 18.2 Å². The summed E-state index contributed by atoms with van der Waals surface area (Å²) in [6, 6.07) is 13.2. The Kier molecular flexibility index (Phi) is 4.60. The van der Waals surface area contributed by atoms with E-state index >= 15 is 0 Å². The van der Waals surface area contributed by atoms with Gasteiger partial charge in [0, 0.05) is 48.9 Å². The largest absolute Gasteiger partial charge is 0.391 e. The lowest BCUT2D eigenvalue weighted by molar-refractivity contribution is 0.0928. The first kappa shape index (κ1) is 16.6. The van der Waals surface area contributed by atoms with E-state index in [1.54, 1.807) is 12.4 Å². The number of benzene rings is 1. The molecule has 1 amide bonds. The highest BCUT2D eigenvalue weighted by Crippen LogP contribution is 2.24. The molecule has 2 unspecified atom stereocenters. The van der Waals surface area contributed by atoms with Crippen LogP contribution in [0.5, 0.6) is 0 Å². The number of nitrogens with one attached hydrogen (secondary N) is 2. The number of carbonyl (C=O) groups excluding carboxylic acids is 1. The van der Waals surface area contributed by atoms with Crippen molar-refractivity contribution in [1.29, 1.82) is 0 Å². The Morgan fingerprint density at radius 1 is 1.19 bits per heavy atom. The van der Waals surface area contributed by atoms with Crippen LogP contribution in [0.4, 0.5) is 0 Å². The molecule has 1 fully saturated rings. The van der Waals surface area contributed by atoms with Gasteiger partial charge in [-0.3, -0.25) is 9.78 Å². The molecule has 3 aromatic rings. The van der Waals surface area contributed by atoms with Crippen molar-refractivity contribution in [3.05, 3.63) is 60.4 Å². The number of hydrogen-bond donors (Lipinski definition) is 3. The molecule has 4 rings (SSSR count). The number of para-hydroxylation sites is 1. The lowest BCUT2D eigenvalue weighted by Crippen LogP contribution is -2.34. The van der Waals surface area contributed by atoms with Gasteiger partial charge in [0.25, 0.3) is 5.91 Å². The van der Waals surface area contributed by atoms with E-state index in [0.717, 1.165) is 22.2 Å². The van der Waals surface area contributed by atoms with E-state index in [1.165, 1.54) is 0 Å². The van der Waals surface area contributed by atoms with Gasteiger partial charge in [0.15, 0.2) is 0 Å². The van der Waals surface area contributed by atoms with E-state index in [0.29, 0.717) is 25.2 Å². The maximum Gasteiger partial charge on any atom is 0.252 e. The molecular weight excluding hydrogens is 328 g/mol. The number of hydrogen-bond acceptors (Lipinski definition) is 5. The fourth-order valence-electron chi connectivity index (χ4n) is 3.28. The van der Waals surface area contributed by atoms with Gasteiger partial charge >= 0.3 is 0 Å². The van der Waals surface area contributed by atoms with Crippen LogP contribution in [0.25, 0.3) is 22.2 Å². The molecule has 6 heteroatoms. The smallest absolute Gasteiger partial charge is 0.252 e. The van der Waals surface area contributed by atoms with Gasteiger partial charge in [-0.05, 0) is 24.3 Å². The van der Waals surface area contributed by atoms with Crippen molar-refractivity contribution in [2.75, 3.05) is 19.6 Å². The monoisotopic (exact) mass is 348 g/mol. The van der Waals surface area contributed by atoms with Gasteiger partial charge in [0.2, 0.25) is 0 Å². The normalized spacial score (nSPS) is 19.6. The summed E-state index contributed by atoms with van der Waals surface area (Å²) in [5.41, 5.74) is 3.01. The Morgan fingerprint density at radius 2 is 2.00 bits per heavy atom. The minimum atomic E-state index is -0.420. The summed E-state index contributed by atoms with van der Waals surface area (Å²) in [4.78, 5) is 21.6. The molecule has 3 heterocycles. The summed E-state index contributed by atoms with van der Waals surface area (Å²) in [6.07, 6.45) is 3.00. The van der Waals surface area contributed by atoms with Crippen molar-refractivity contribution in [1.82, 2.24) is 20.6 Å². The Bertz CT molecular complexity index is 930. The summed E-state index contributed by atoms with van der Waals surface area (Å²) < 4.78 is 0. The topological polar surface area (TPSA) is 87.1 Å². The number of rotatable bonds is 4. The minimum absolute atomic E-state index is 0.0340. The Hall–Kier alpha value is -2.83. The van der Waals surface area contributed by atoms with E-state index in [-0.39, 0.29) is 11.8 Å². The van der Waals surface area contributed by atoms with E-state index in [2.05, 4.69) is 20.6 Å². The molecule has 6 nitrogen and oxygen atoms in total. The van der Waals surface area contributed by atoms with Crippen LogP contribution in [0.3, 0.4) is 0 Å². The number of nitrogens with zero attached hydrogens (tertiary/aromatic N) is 2. The van der Waals surface area contributed by atoms with Crippen LogP contribution < -0.4 is 10.6 Å². The van der Waals surface area contributed by atoms with Crippen LogP contribution in [0.1, 0.15) is 10.4 Å². The SMILES string of the molecule is O=C(NCC1CNCC1O)c1cc(-c2ccncc2)nc2ccccc12. The predicted octanol–water partition coefficient (Wildman–Crippen LogP) is 1.61. The maximum absolute atomic E-state index is 12.9. The van der Waals surface area contributed by atoms with Crippen LogP contribution in [0.15, 0.2) is 54.9 Å². The molecule has 0 bridgehead atoms. The number of β-amino-alcohol motifs (C(OH)–C–C–N with tert-alkyl or cyclic N) is 1. The van der Waals surface area contributed by atoms with Gasteiger partial charge in [0.05, 0.1) is 22.9 Å². The van der Waals surface area contributed by atoms with Crippen LogP contribution in [0, 0.1) is 5.92 Å². The molecule has 0 aliphatic carbocycles. The maximum atomic E-state index is 12.9. The summed E-state index contributed by atoms with van der Waals surface area (Å²) >= 11 is 0. The molecule has 0 saturated carbocycles. The van der Waals surface area contributed by atoms with Crippen molar-refractivity contribution in [3.8, 4) is 11.3 Å². The molecule has 3 N–H and O–H groups in total. The molecule has 132 valence electrons. The number of aromatic nitrogens is 2. The zero-order chi connectivity index (χ0) is 17.9. The van der Waals surface area contributed by atoms with Crippen molar-refractivity contribution < 1.29 is 9.90 Å². The zero-order valence-electron chi connectivity index (χ0n) is 14.2. The molecular formula is C20H20N4O2. The average Bonchev–Trinajstić information content (AvgIpc) is 3.10. The standard InChI is InChI=1S/C20H20N4O2/c25-19-12-22-10-14(19)11-23-20(26)16-9-18(13-5-7-21-8-6-13)24-17-4-2-1-3-15(16)17/h1-9,14,19,22,25H,10-12H2,(H,23,26). The highest BCUT2D eigenvalue weighted by Gasteiger charge is 2.25. The van der Waals surface area contributed by atoms with E-state index < -0.39 is 6.10 Å². The first-order chi connectivity index (χ1) is 12.7. The number of fused-ring (bicyclic) bond motifs is 1. The van der Waals surface area contributed by atoms with Crippen molar-refractivity contribution >= 4 is 16.8 Å². The number of amides is 1. The molecule has 1 aromatic carbocycles. The summed E-state index contributed by atoms with van der Waals surface area (Å²) in [5.74, 6) is -0.121. The second-order valence-electron chi connectivity index (χ2n) is 6.50. The Morgan fingerprint density at radius 3 is 2.77 bits per heavy atom. The zero-order valence-corrected chi connectivity index (χ0v) is 14.2. The molecule has 26 heavy (non-hydrogen) atoms. The summed E-state index contributed by atoms with van der Waals surface area (Å²) in [7, 11) is 0. The molecule has 1 aliphatic heterocycles.